The maximum absolute atomic E-state index is 12.5. The normalized spacial score (nSPS) is 28.1. The maximum atomic E-state index is 12.5. The molecule has 0 aliphatic carbocycles. The van der Waals surface area contributed by atoms with Gasteiger partial charge in [-0.15, -0.1) is 0 Å². The number of nitrogens with one attached hydrogen (secondary N) is 5. The van der Waals surface area contributed by atoms with Crippen LogP contribution in [-0.2, 0) is 57.1 Å². The highest BCUT2D eigenvalue weighted by molar-refractivity contribution is 5.75. The van der Waals surface area contributed by atoms with Crippen molar-refractivity contribution in [3.63, 3.8) is 0 Å². The first-order valence-electron chi connectivity index (χ1n) is 22.0. The van der Waals surface area contributed by atoms with Gasteiger partial charge in [-0.1, -0.05) is 0 Å². The molecule has 0 aromatic rings. The van der Waals surface area contributed by atoms with Crippen molar-refractivity contribution in [1.82, 2.24) is 26.6 Å². The van der Waals surface area contributed by atoms with Crippen LogP contribution >= 0.6 is 0 Å². The Labute approximate surface area is 406 Å². The molecule has 0 aromatic carbocycles. The van der Waals surface area contributed by atoms with E-state index in [2.05, 4.69) is 26.6 Å². The number of hydrogen-bond donors (Lipinski definition) is 18. The van der Waals surface area contributed by atoms with Crippen LogP contribution in [0.25, 0.3) is 0 Å². The van der Waals surface area contributed by atoms with Crippen LogP contribution in [0.5, 0.6) is 0 Å². The Bertz CT molecular complexity index is 1840. The summed E-state index contributed by atoms with van der Waals surface area (Å²) in [5.74, 6) is -5.91. The summed E-state index contributed by atoms with van der Waals surface area (Å²) in [6.45, 7) is 1.43. The lowest BCUT2D eigenvalue weighted by Gasteiger charge is -2.45. The van der Waals surface area contributed by atoms with Gasteiger partial charge in [0.05, 0.1) is 31.6 Å². The summed E-state index contributed by atoms with van der Waals surface area (Å²) in [6, 6.07) is -3.33. The second-order valence-corrected chi connectivity index (χ2v) is 16.0. The zero-order valence-electron chi connectivity index (χ0n) is 39.7. The third-order valence-corrected chi connectivity index (χ3v) is 10.3. The van der Waals surface area contributed by atoms with Gasteiger partial charge in [0.25, 0.3) is 0 Å². The van der Waals surface area contributed by atoms with Crippen molar-refractivity contribution in [2.24, 2.45) is 0 Å². The van der Waals surface area contributed by atoms with Crippen LogP contribution in [0.4, 0.5) is 0 Å². The second-order valence-electron chi connectivity index (χ2n) is 16.0. The highest BCUT2D eigenvalue weighted by Crippen LogP contribution is 2.31. The number of rotatable bonds is 28. The number of amides is 4. The Morgan fingerprint density at radius 3 is 1.68 bits per heavy atom. The Hall–Kier alpha value is -4.71. The molecule has 71 heavy (non-hydrogen) atoms. The van der Waals surface area contributed by atoms with Gasteiger partial charge in [0.1, 0.15) is 83.8 Å². The molecule has 0 radical (unpaired) electrons. The smallest absolute Gasteiger partial charge is 0.302 e. The van der Waals surface area contributed by atoms with Gasteiger partial charge in [0.2, 0.25) is 23.6 Å². The quantitative estimate of drug-likeness (QED) is 0.0197. The predicted octanol–water partition coefficient (Wildman–Crippen LogP) is -7.37. The molecule has 0 bridgehead atoms. The molecule has 30 heteroatoms. The summed E-state index contributed by atoms with van der Waals surface area (Å²) in [5, 5.41) is 151. The van der Waals surface area contributed by atoms with E-state index in [1.54, 1.807) is 0 Å². The zero-order valence-corrected chi connectivity index (χ0v) is 39.7. The highest BCUT2D eigenvalue weighted by Gasteiger charge is 2.50. The van der Waals surface area contributed by atoms with Crippen molar-refractivity contribution in [1.29, 1.82) is 0 Å². The molecule has 408 valence electrons. The molecular weight excluding hydrogens is 962 g/mol. The number of aliphatic hydroxyl groups excluding tert-OH is 13. The molecule has 18 N–H and O–H groups in total. The number of hydrogen-bond acceptors (Lipinski definition) is 26. The Kier molecular flexibility index (Phi) is 26.7. The van der Waals surface area contributed by atoms with E-state index in [1.807, 2.05) is 0 Å². The van der Waals surface area contributed by atoms with E-state index in [4.69, 9.17) is 33.2 Å². The molecule has 2 aliphatic rings. The second kappa shape index (κ2) is 30.4. The number of carbonyl (C=O) groups excluding carboxylic acids is 5. The van der Waals surface area contributed by atoms with Crippen molar-refractivity contribution < 1.29 is 124 Å². The van der Waals surface area contributed by atoms with E-state index in [1.165, 1.54) is 7.05 Å². The van der Waals surface area contributed by atoms with Crippen molar-refractivity contribution in [3.05, 3.63) is 34.7 Å². The monoisotopic (exact) mass is 1030 g/mol. The average Bonchev–Trinajstić information content (AvgIpc) is 3.28. The Morgan fingerprint density at radius 2 is 1.17 bits per heavy atom. The molecule has 2 aliphatic heterocycles. The molecule has 2 rings (SSSR count). The molecule has 16 atom stereocenters. The number of carbonyl (C=O) groups is 5. The maximum Gasteiger partial charge on any atom is 0.302 e. The molecule has 0 spiro atoms. The third-order valence-electron chi connectivity index (χ3n) is 10.3. The van der Waals surface area contributed by atoms with E-state index in [0.29, 0.717) is 0 Å². The molecule has 4 amide bonds. The van der Waals surface area contributed by atoms with Crippen LogP contribution in [0.3, 0.4) is 0 Å². The van der Waals surface area contributed by atoms with E-state index in [9.17, 15) is 90.4 Å². The van der Waals surface area contributed by atoms with Crippen molar-refractivity contribution in [3.8, 4) is 0 Å². The van der Waals surface area contributed by atoms with Gasteiger partial charge in [-0.25, -0.2) is 0 Å². The first kappa shape index (κ1) is 62.4. The van der Waals surface area contributed by atoms with Gasteiger partial charge in [-0.2, -0.15) is 0 Å². The van der Waals surface area contributed by atoms with Gasteiger partial charge >= 0.3 is 5.97 Å². The minimum absolute atomic E-state index is 0.295. The van der Waals surface area contributed by atoms with E-state index >= 15 is 0 Å². The fourth-order valence-electron chi connectivity index (χ4n) is 7.13. The topological polar surface area (TPSA) is 473 Å². The minimum Gasteiger partial charge on any atom is -0.508 e. The first-order chi connectivity index (χ1) is 33.3. The highest BCUT2D eigenvalue weighted by atomic mass is 16.7. The summed E-state index contributed by atoms with van der Waals surface area (Å²) in [7, 11) is 1.25. The molecular formula is C41H69N5O25. The molecule has 2 fully saturated rings. The SMILES string of the molecule is CN/C(=C(\O)C(O)CCOC(C)=O)C(O)OC(/C=C(/NC(C)=O)C(O)OC1C(CO)OC(OC(CCO)/C(O)=C(/NC(C)=O)C(O)OC2C(CO)OC(O)C(NC(C)=O)C2O)C(NC(C)=O)C1O)CCO. The third kappa shape index (κ3) is 19.0. The Morgan fingerprint density at radius 1 is 0.634 bits per heavy atom. The van der Waals surface area contributed by atoms with E-state index < -0.39 is 190 Å². The molecule has 2 heterocycles. The molecule has 0 saturated carbocycles. The van der Waals surface area contributed by atoms with E-state index in [-0.39, 0.29) is 19.4 Å². The molecule has 30 nitrogen and oxygen atoms in total. The van der Waals surface area contributed by atoms with Crippen molar-refractivity contribution >= 4 is 29.6 Å². The molecule has 2 saturated heterocycles. The fraction of sp³-hybridized carbons (Fsp3) is 0.732. The van der Waals surface area contributed by atoms with Gasteiger partial charge in [0.15, 0.2) is 31.5 Å². The van der Waals surface area contributed by atoms with Crippen LogP contribution in [0.2, 0.25) is 0 Å². The van der Waals surface area contributed by atoms with Crippen molar-refractivity contribution in [2.45, 2.75) is 152 Å². The van der Waals surface area contributed by atoms with Crippen LogP contribution in [0.1, 0.15) is 53.9 Å². The standard InChI is InChI=1S/C41H69N5O25/c1-16(51)43-22(13-21(7-10-47)66-38(62)27(42-6)31(57)23(56)9-12-65-20(5)55)37(61)70-36-26(15-50)69-41(30(34(36)60)46-19(4)54)68-24(8-11-48)32(58)28(44-17(2)52)40(64)71-35-25(14-49)67-39(63)29(33(35)59)45-18(3)53/h13,21,23-26,29-30,33-42,47-50,56-64H,7-12,14-15H2,1-6H3,(H,43,51)(H,44,52)(H,45,53)(H,46,54)/b22-13+,31-27-,32-28-. The lowest BCUT2D eigenvalue weighted by Crippen LogP contribution is -2.66. The van der Waals surface area contributed by atoms with Crippen LogP contribution in [0, 0.1) is 0 Å². The number of ether oxygens (including phenoxy) is 7. The average molecular weight is 1030 g/mol. The summed E-state index contributed by atoms with van der Waals surface area (Å²) in [5.41, 5.74) is -1.92. The first-order valence-corrected chi connectivity index (χ1v) is 22.0. The predicted molar refractivity (Wildman–Crippen MR) is 233 cm³/mol. The number of likely N-dealkylation sites (N-methyl/N-ethyl adjacent to an activating group) is 1. The van der Waals surface area contributed by atoms with Gasteiger partial charge in [0, 0.05) is 74.1 Å². The zero-order chi connectivity index (χ0) is 53.9. The van der Waals surface area contributed by atoms with Crippen molar-refractivity contribution in [2.75, 3.05) is 40.1 Å². The van der Waals surface area contributed by atoms with Crippen LogP contribution < -0.4 is 26.6 Å². The van der Waals surface area contributed by atoms with Gasteiger partial charge in [-0.3, -0.25) is 24.0 Å². The Balaban J connectivity index is 2.54. The summed E-state index contributed by atoms with van der Waals surface area (Å²) >= 11 is 0. The minimum atomic E-state index is -2.45. The van der Waals surface area contributed by atoms with Crippen LogP contribution in [-0.4, -0.2) is 235 Å². The van der Waals surface area contributed by atoms with Gasteiger partial charge in [-0.05, 0) is 6.08 Å². The summed E-state index contributed by atoms with van der Waals surface area (Å²) in [6.07, 6.45) is -26.8. The summed E-state index contributed by atoms with van der Waals surface area (Å²) in [4.78, 5) is 60.1. The fourth-order valence-corrected chi connectivity index (χ4v) is 7.13. The largest absolute Gasteiger partial charge is 0.508 e. The number of aliphatic hydroxyl groups is 13. The van der Waals surface area contributed by atoms with E-state index in [0.717, 1.165) is 40.7 Å². The molecule has 0 aromatic heterocycles. The lowest BCUT2D eigenvalue weighted by atomic mass is 9.96. The summed E-state index contributed by atoms with van der Waals surface area (Å²) < 4.78 is 38.5. The molecule has 16 unspecified atom stereocenters. The lowest BCUT2D eigenvalue weighted by molar-refractivity contribution is -0.303. The van der Waals surface area contributed by atoms with Gasteiger partial charge < -0.3 is 126 Å². The number of esters is 1. The van der Waals surface area contributed by atoms with Crippen LogP contribution in [0.15, 0.2) is 34.7 Å².